The Balaban J connectivity index is 1.95. The Labute approximate surface area is 178 Å². The number of primary amides is 1. The summed E-state index contributed by atoms with van der Waals surface area (Å²) in [5.41, 5.74) is 8.92. The van der Waals surface area contributed by atoms with Gasteiger partial charge in [-0.2, -0.15) is 0 Å². The van der Waals surface area contributed by atoms with E-state index in [1.54, 1.807) is 50.6 Å². The van der Waals surface area contributed by atoms with Crippen molar-refractivity contribution in [2.75, 3.05) is 14.2 Å². The summed E-state index contributed by atoms with van der Waals surface area (Å²) < 4.78 is 10.8. The third-order valence-corrected chi connectivity index (χ3v) is 4.96. The number of aromatic amines is 1. The lowest BCUT2D eigenvalue weighted by Gasteiger charge is -2.10. The molecule has 1 aromatic heterocycles. The van der Waals surface area contributed by atoms with Crippen molar-refractivity contribution in [3.05, 3.63) is 83.4 Å². The number of H-pyrrole nitrogens is 1. The smallest absolute Gasteiger partial charge is 0.248 e. The minimum atomic E-state index is -0.505. The lowest BCUT2D eigenvalue weighted by Crippen LogP contribution is -2.10. The van der Waals surface area contributed by atoms with Crippen LogP contribution in [0, 0.1) is 0 Å². The highest BCUT2D eigenvalue weighted by atomic mass is 16.5. The van der Waals surface area contributed by atoms with Crippen molar-refractivity contribution in [3.8, 4) is 17.4 Å². The van der Waals surface area contributed by atoms with E-state index in [1.807, 2.05) is 30.3 Å². The van der Waals surface area contributed by atoms with Crippen LogP contribution in [0.4, 0.5) is 5.69 Å². The Morgan fingerprint density at radius 1 is 0.935 bits per heavy atom. The zero-order chi connectivity index (χ0) is 22.0. The summed E-state index contributed by atoms with van der Waals surface area (Å²) in [5, 5.41) is 11.5. The van der Waals surface area contributed by atoms with Crippen LogP contribution >= 0.6 is 0 Å². The summed E-state index contributed by atoms with van der Waals surface area (Å²) in [5.74, 6) is 0.548. The number of hydrogen-bond donors (Lipinski definition) is 3. The molecule has 156 valence electrons. The van der Waals surface area contributed by atoms with Gasteiger partial charge in [-0.1, -0.05) is 30.3 Å². The van der Waals surface area contributed by atoms with Gasteiger partial charge in [0.15, 0.2) is 17.4 Å². The molecular formula is C24H21N3O4. The number of aromatic hydroxyl groups is 1. The topological polar surface area (TPSA) is 110 Å². The van der Waals surface area contributed by atoms with Gasteiger partial charge in [0.2, 0.25) is 5.91 Å². The van der Waals surface area contributed by atoms with Gasteiger partial charge in [-0.3, -0.25) is 4.79 Å². The highest BCUT2D eigenvalue weighted by Crippen LogP contribution is 2.38. The molecule has 3 aromatic carbocycles. The van der Waals surface area contributed by atoms with Gasteiger partial charge in [0.1, 0.15) is 0 Å². The van der Waals surface area contributed by atoms with Crippen molar-refractivity contribution in [1.82, 2.24) is 4.98 Å². The number of carbonyl (C=O) groups is 1. The number of rotatable bonds is 6. The van der Waals surface area contributed by atoms with E-state index in [-0.39, 0.29) is 5.88 Å². The highest BCUT2D eigenvalue weighted by molar-refractivity contribution is 6.22. The van der Waals surface area contributed by atoms with Gasteiger partial charge < -0.3 is 25.3 Å². The van der Waals surface area contributed by atoms with Crippen LogP contribution in [0.2, 0.25) is 0 Å². The predicted octanol–water partition coefficient (Wildman–Crippen LogP) is 4.16. The van der Waals surface area contributed by atoms with Gasteiger partial charge >= 0.3 is 0 Å². The summed E-state index contributed by atoms with van der Waals surface area (Å²) in [7, 11) is 3.11. The van der Waals surface area contributed by atoms with Gasteiger partial charge in [-0.25, -0.2) is 4.99 Å². The maximum Gasteiger partial charge on any atom is 0.248 e. The summed E-state index contributed by atoms with van der Waals surface area (Å²) >= 11 is 0. The molecule has 4 rings (SSSR count). The first-order chi connectivity index (χ1) is 15.0. The minimum Gasteiger partial charge on any atom is -0.494 e. The maximum atomic E-state index is 11.4. The van der Waals surface area contributed by atoms with Crippen LogP contribution in [0.3, 0.4) is 0 Å². The molecule has 7 heteroatoms. The Kier molecular flexibility index (Phi) is 5.32. The number of carbonyl (C=O) groups excluding carboxylic acids is 1. The fourth-order valence-electron chi connectivity index (χ4n) is 3.44. The number of nitrogens with two attached hydrogens (primary N) is 1. The molecule has 0 atom stereocenters. The van der Waals surface area contributed by atoms with Crippen LogP contribution in [0.1, 0.15) is 21.5 Å². The third-order valence-electron chi connectivity index (χ3n) is 4.96. The number of amides is 1. The monoisotopic (exact) mass is 415 g/mol. The molecular weight excluding hydrogens is 394 g/mol. The third kappa shape index (κ3) is 3.81. The van der Waals surface area contributed by atoms with E-state index in [9.17, 15) is 9.90 Å². The van der Waals surface area contributed by atoms with E-state index in [0.29, 0.717) is 39.5 Å². The fourth-order valence-corrected chi connectivity index (χ4v) is 3.44. The average Bonchev–Trinajstić information content (AvgIpc) is 3.11. The highest BCUT2D eigenvalue weighted by Gasteiger charge is 2.21. The van der Waals surface area contributed by atoms with Crippen LogP contribution in [0.15, 0.2) is 71.7 Å². The van der Waals surface area contributed by atoms with Crippen LogP contribution < -0.4 is 15.2 Å². The van der Waals surface area contributed by atoms with E-state index in [1.165, 1.54) is 0 Å². The lowest BCUT2D eigenvalue weighted by atomic mass is 10.0. The number of nitrogens with one attached hydrogen (secondary N) is 1. The van der Waals surface area contributed by atoms with Crippen LogP contribution in [0.5, 0.6) is 17.4 Å². The van der Waals surface area contributed by atoms with Crippen molar-refractivity contribution in [3.63, 3.8) is 0 Å². The Morgan fingerprint density at radius 2 is 1.58 bits per heavy atom. The average molecular weight is 415 g/mol. The molecule has 0 fully saturated rings. The molecule has 0 aliphatic carbocycles. The first kappa shape index (κ1) is 20.0. The van der Waals surface area contributed by atoms with Crippen molar-refractivity contribution in [2.45, 2.75) is 0 Å². The number of aliphatic imine (C=N–C) groups is 1. The standard InChI is InChI=1S/C24H21N3O4/c1-30-19-12-17-18(13-20(19)31-2)27-24(29)21(17)22(14-6-4-3-5-7-14)26-16-10-8-15(9-11-16)23(25)28/h3-13,27,29H,1-2H3,(H2,25,28). The quantitative estimate of drug-likeness (QED) is 0.411. The first-order valence-corrected chi connectivity index (χ1v) is 9.53. The van der Waals surface area contributed by atoms with Crippen LogP contribution in [-0.4, -0.2) is 35.9 Å². The number of benzene rings is 3. The van der Waals surface area contributed by atoms with Gasteiger partial charge in [-0.15, -0.1) is 0 Å². The van der Waals surface area contributed by atoms with Crippen LogP contribution in [0.25, 0.3) is 10.9 Å². The summed E-state index contributed by atoms with van der Waals surface area (Å²) in [4.78, 5) is 19.2. The second-order valence-electron chi connectivity index (χ2n) is 6.84. The Hall–Kier alpha value is -4.26. The van der Waals surface area contributed by atoms with Crippen molar-refractivity contribution in [1.29, 1.82) is 0 Å². The van der Waals surface area contributed by atoms with E-state index in [0.717, 1.165) is 10.9 Å². The number of methoxy groups -OCH3 is 2. The minimum absolute atomic E-state index is 0.0262. The van der Waals surface area contributed by atoms with E-state index in [2.05, 4.69) is 4.98 Å². The summed E-state index contributed by atoms with van der Waals surface area (Å²) in [6.07, 6.45) is 0. The Bertz CT molecular complexity index is 1280. The van der Waals surface area contributed by atoms with Gasteiger partial charge in [-0.05, 0) is 30.3 Å². The zero-order valence-electron chi connectivity index (χ0n) is 17.0. The van der Waals surface area contributed by atoms with Crippen molar-refractivity contribution < 1.29 is 19.4 Å². The van der Waals surface area contributed by atoms with Gasteiger partial charge in [0.05, 0.1) is 36.7 Å². The second kappa shape index (κ2) is 8.23. The molecule has 4 N–H and O–H groups in total. The summed E-state index contributed by atoms with van der Waals surface area (Å²) in [6.45, 7) is 0. The first-order valence-electron chi connectivity index (χ1n) is 9.53. The van der Waals surface area contributed by atoms with Crippen LogP contribution in [-0.2, 0) is 0 Å². The lowest BCUT2D eigenvalue weighted by molar-refractivity contribution is 0.100. The molecule has 4 aromatic rings. The zero-order valence-corrected chi connectivity index (χ0v) is 17.0. The number of ether oxygens (including phenoxy) is 2. The molecule has 31 heavy (non-hydrogen) atoms. The second-order valence-corrected chi connectivity index (χ2v) is 6.84. The molecule has 1 amide bonds. The molecule has 0 saturated carbocycles. The molecule has 0 bridgehead atoms. The fraction of sp³-hybridized carbons (Fsp3) is 0.0833. The van der Waals surface area contributed by atoms with E-state index < -0.39 is 5.91 Å². The number of aromatic nitrogens is 1. The molecule has 1 heterocycles. The van der Waals surface area contributed by atoms with Gasteiger partial charge in [0, 0.05) is 22.6 Å². The SMILES string of the molecule is COc1cc2[nH]c(O)c(C(=Nc3ccc(C(N)=O)cc3)c3ccccc3)c2cc1OC. The maximum absolute atomic E-state index is 11.4. The molecule has 0 aliphatic rings. The molecule has 0 saturated heterocycles. The van der Waals surface area contributed by atoms with E-state index in [4.69, 9.17) is 20.2 Å². The normalized spacial score (nSPS) is 11.5. The van der Waals surface area contributed by atoms with Crippen molar-refractivity contribution in [2.24, 2.45) is 10.7 Å². The predicted molar refractivity (Wildman–Crippen MR) is 120 cm³/mol. The van der Waals surface area contributed by atoms with Crippen molar-refractivity contribution >= 4 is 28.2 Å². The number of hydrogen-bond acceptors (Lipinski definition) is 5. The van der Waals surface area contributed by atoms with Gasteiger partial charge in [0.25, 0.3) is 0 Å². The number of nitrogens with zero attached hydrogens (tertiary/aromatic N) is 1. The number of fused-ring (bicyclic) bond motifs is 1. The Morgan fingerprint density at radius 3 is 2.19 bits per heavy atom. The molecule has 7 nitrogen and oxygen atoms in total. The largest absolute Gasteiger partial charge is 0.494 e. The van der Waals surface area contributed by atoms with E-state index >= 15 is 0 Å². The molecule has 0 aliphatic heterocycles. The summed E-state index contributed by atoms with van der Waals surface area (Å²) in [6, 6.07) is 19.7. The molecule has 0 radical (unpaired) electrons. The molecule has 0 spiro atoms. The molecule has 0 unspecified atom stereocenters.